The lowest BCUT2D eigenvalue weighted by Gasteiger charge is -2.12. The smallest absolute Gasteiger partial charge is 0.336 e. The molecule has 0 amide bonds. The molecule has 2 N–H and O–H groups in total. The van der Waals surface area contributed by atoms with Gasteiger partial charge in [0.15, 0.2) is 0 Å². The van der Waals surface area contributed by atoms with Crippen molar-refractivity contribution in [1.82, 2.24) is 14.9 Å². The summed E-state index contributed by atoms with van der Waals surface area (Å²) in [5, 5.41) is 12.9. The Labute approximate surface area is 123 Å². The molecule has 2 rings (SSSR count). The minimum absolute atomic E-state index is 0. The third-order valence-corrected chi connectivity index (χ3v) is 2.74. The zero-order chi connectivity index (χ0) is 13.8. The Hall–Kier alpha value is -1.92. The van der Waals surface area contributed by atoms with E-state index in [0.717, 1.165) is 6.54 Å². The van der Waals surface area contributed by atoms with E-state index in [9.17, 15) is 9.90 Å². The van der Waals surface area contributed by atoms with Crippen LogP contribution in [0, 0.1) is 0 Å². The predicted molar refractivity (Wildman–Crippen MR) is 80.8 cm³/mol. The number of carbonyl (C=O) groups is 1. The number of hydrogen-bond donors (Lipinski definition) is 2. The summed E-state index contributed by atoms with van der Waals surface area (Å²) >= 11 is 0. The number of nitrogens with zero attached hydrogens (tertiary/aromatic N) is 3. The highest BCUT2D eigenvalue weighted by Crippen LogP contribution is 2.23. The first kappa shape index (κ1) is 16.1. The molecule has 0 saturated carbocycles. The van der Waals surface area contributed by atoms with Crippen molar-refractivity contribution in [2.24, 2.45) is 0 Å². The van der Waals surface area contributed by atoms with E-state index >= 15 is 0 Å². The van der Waals surface area contributed by atoms with Crippen LogP contribution in [0.2, 0.25) is 0 Å². The number of likely N-dealkylation sites (N-methyl/N-ethyl adjacent to an activating group) is 1. The van der Waals surface area contributed by atoms with E-state index in [-0.39, 0.29) is 18.0 Å². The van der Waals surface area contributed by atoms with Crippen molar-refractivity contribution in [3.63, 3.8) is 0 Å². The Balaban J connectivity index is 0.00000200. The quantitative estimate of drug-likeness (QED) is 0.875. The fourth-order valence-corrected chi connectivity index (χ4v) is 1.82. The van der Waals surface area contributed by atoms with Gasteiger partial charge in [0.1, 0.15) is 12.1 Å². The number of carboxylic acids is 1. The van der Waals surface area contributed by atoms with Gasteiger partial charge in [-0.15, -0.1) is 12.4 Å². The van der Waals surface area contributed by atoms with Gasteiger partial charge in [0.05, 0.1) is 16.5 Å². The summed E-state index contributed by atoms with van der Waals surface area (Å²) in [5.74, 6) is -0.416. The molecule has 0 unspecified atom stereocenters. The van der Waals surface area contributed by atoms with Gasteiger partial charge in [0, 0.05) is 13.1 Å². The molecule has 108 valence electrons. The van der Waals surface area contributed by atoms with Crippen LogP contribution in [0.15, 0.2) is 24.5 Å². The van der Waals surface area contributed by atoms with Crippen LogP contribution in [0.3, 0.4) is 0 Å². The summed E-state index contributed by atoms with van der Waals surface area (Å²) in [6.45, 7) is 1.52. The average molecular weight is 297 g/mol. The zero-order valence-corrected chi connectivity index (χ0v) is 12.1. The lowest BCUT2D eigenvalue weighted by atomic mass is 10.1. The number of benzene rings is 1. The summed E-state index contributed by atoms with van der Waals surface area (Å²) in [6, 6.07) is 5.02. The topological polar surface area (TPSA) is 78.3 Å². The Morgan fingerprint density at radius 1 is 1.35 bits per heavy atom. The number of anilines is 1. The van der Waals surface area contributed by atoms with Crippen LogP contribution < -0.4 is 5.32 Å². The molecule has 2 aromatic rings. The van der Waals surface area contributed by atoms with E-state index in [1.807, 2.05) is 19.0 Å². The Kier molecular flexibility index (Phi) is 5.66. The lowest BCUT2D eigenvalue weighted by Crippen LogP contribution is -2.21. The fraction of sp³-hybridized carbons (Fsp3) is 0.308. The number of aromatic nitrogens is 2. The van der Waals surface area contributed by atoms with Crippen LogP contribution in [0.5, 0.6) is 0 Å². The zero-order valence-electron chi connectivity index (χ0n) is 11.3. The van der Waals surface area contributed by atoms with Crippen LogP contribution in [0.1, 0.15) is 10.4 Å². The molecular formula is C13H17ClN4O2. The highest BCUT2D eigenvalue weighted by atomic mass is 35.5. The van der Waals surface area contributed by atoms with Crippen molar-refractivity contribution < 1.29 is 9.90 Å². The van der Waals surface area contributed by atoms with Gasteiger partial charge in [-0.25, -0.2) is 14.8 Å². The monoisotopic (exact) mass is 296 g/mol. The number of hydrogen-bond acceptors (Lipinski definition) is 5. The molecule has 0 spiro atoms. The SMILES string of the molecule is CN(C)CCNc1ncnc2cccc(C(=O)O)c12.Cl. The molecular weight excluding hydrogens is 280 g/mol. The van der Waals surface area contributed by atoms with Crippen molar-refractivity contribution in [2.45, 2.75) is 0 Å². The standard InChI is InChI=1S/C13H16N4O2.ClH/c1-17(2)7-6-14-12-11-9(13(18)19)4-3-5-10(11)15-8-16-12;/h3-5,8H,6-7H2,1-2H3,(H,18,19)(H,14,15,16);1H. The number of carboxylic acid groups (broad SMARTS) is 1. The van der Waals surface area contributed by atoms with Crippen molar-refractivity contribution in [3.8, 4) is 0 Å². The Morgan fingerprint density at radius 3 is 2.75 bits per heavy atom. The molecule has 1 heterocycles. The van der Waals surface area contributed by atoms with Gasteiger partial charge in [-0.2, -0.15) is 0 Å². The first-order chi connectivity index (χ1) is 9.09. The van der Waals surface area contributed by atoms with Crippen LogP contribution in [-0.2, 0) is 0 Å². The fourth-order valence-electron chi connectivity index (χ4n) is 1.82. The molecule has 0 aliphatic rings. The lowest BCUT2D eigenvalue weighted by molar-refractivity contribution is 0.0699. The summed E-state index contributed by atoms with van der Waals surface area (Å²) in [7, 11) is 3.95. The second kappa shape index (κ2) is 7.02. The van der Waals surface area contributed by atoms with Crippen molar-refractivity contribution >= 4 is 35.1 Å². The number of rotatable bonds is 5. The van der Waals surface area contributed by atoms with E-state index in [2.05, 4.69) is 15.3 Å². The first-order valence-corrected chi connectivity index (χ1v) is 5.95. The maximum atomic E-state index is 11.3. The Bertz CT molecular complexity index is 599. The minimum atomic E-state index is -0.976. The van der Waals surface area contributed by atoms with Gasteiger partial charge in [-0.1, -0.05) is 6.07 Å². The summed E-state index contributed by atoms with van der Waals surface area (Å²) < 4.78 is 0. The minimum Gasteiger partial charge on any atom is -0.478 e. The van der Waals surface area contributed by atoms with E-state index in [4.69, 9.17) is 0 Å². The van der Waals surface area contributed by atoms with E-state index < -0.39 is 5.97 Å². The third-order valence-electron chi connectivity index (χ3n) is 2.74. The highest BCUT2D eigenvalue weighted by molar-refractivity contribution is 6.06. The molecule has 7 heteroatoms. The van der Waals surface area contributed by atoms with Crippen molar-refractivity contribution in [1.29, 1.82) is 0 Å². The van der Waals surface area contributed by atoms with E-state index in [1.165, 1.54) is 6.33 Å². The molecule has 0 radical (unpaired) electrons. The molecule has 20 heavy (non-hydrogen) atoms. The second-order valence-electron chi connectivity index (χ2n) is 4.46. The highest BCUT2D eigenvalue weighted by Gasteiger charge is 2.13. The molecule has 0 atom stereocenters. The number of nitrogens with one attached hydrogen (secondary N) is 1. The third kappa shape index (κ3) is 3.55. The maximum Gasteiger partial charge on any atom is 0.336 e. The Morgan fingerprint density at radius 2 is 2.10 bits per heavy atom. The number of aromatic carboxylic acids is 1. The number of halogens is 1. The summed E-state index contributed by atoms with van der Waals surface area (Å²) in [5.41, 5.74) is 0.840. The van der Waals surface area contributed by atoms with E-state index in [1.54, 1.807) is 18.2 Å². The molecule has 0 saturated heterocycles. The van der Waals surface area contributed by atoms with Gasteiger partial charge in [0.25, 0.3) is 0 Å². The van der Waals surface area contributed by atoms with Gasteiger partial charge >= 0.3 is 5.97 Å². The average Bonchev–Trinajstić information content (AvgIpc) is 2.37. The molecule has 0 aliphatic heterocycles. The largest absolute Gasteiger partial charge is 0.478 e. The normalized spacial score (nSPS) is 10.3. The van der Waals surface area contributed by atoms with Crippen LogP contribution in [0.25, 0.3) is 10.9 Å². The molecule has 1 aromatic carbocycles. The van der Waals surface area contributed by atoms with Crippen molar-refractivity contribution in [2.75, 3.05) is 32.5 Å². The molecule has 6 nitrogen and oxygen atoms in total. The van der Waals surface area contributed by atoms with Crippen LogP contribution in [0.4, 0.5) is 5.82 Å². The molecule has 0 fully saturated rings. The summed E-state index contributed by atoms with van der Waals surface area (Å²) in [6.07, 6.45) is 1.44. The van der Waals surface area contributed by atoms with Crippen molar-refractivity contribution in [3.05, 3.63) is 30.1 Å². The van der Waals surface area contributed by atoms with Crippen LogP contribution in [-0.4, -0.2) is 53.1 Å². The molecule has 1 aromatic heterocycles. The number of fused-ring (bicyclic) bond motifs is 1. The van der Waals surface area contributed by atoms with Gasteiger partial charge in [0.2, 0.25) is 0 Å². The van der Waals surface area contributed by atoms with Crippen LogP contribution >= 0.6 is 12.4 Å². The van der Waals surface area contributed by atoms with Gasteiger partial charge < -0.3 is 15.3 Å². The molecule has 0 aliphatic carbocycles. The maximum absolute atomic E-state index is 11.3. The summed E-state index contributed by atoms with van der Waals surface area (Å²) in [4.78, 5) is 21.5. The predicted octanol–water partition coefficient (Wildman–Crippen LogP) is 1.72. The van der Waals surface area contributed by atoms with Gasteiger partial charge in [-0.3, -0.25) is 0 Å². The molecule has 0 bridgehead atoms. The second-order valence-corrected chi connectivity index (χ2v) is 4.46. The first-order valence-electron chi connectivity index (χ1n) is 5.95. The van der Waals surface area contributed by atoms with Gasteiger partial charge in [-0.05, 0) is 26.2 Å². The van der Waals surface area contributed by atoms with E-state index in [0.29, 0.717) is 23.3 Å².